The van der Waals surface area contributed by atoms with E-state index in [2.05, 4.69) is 182 Å². The molecule has 1 aliphatic heterocycles. The Hall–Kier alpha value is -5.38. The predicted molar refractivity (Wildman–Crippen MR) is 208 cm³/mol. The summed E-state index contributed by atoms with van der Waals surface area (Å²) in [5.74, 6) is 0. The summed E-state index contributed by atoms with van der Waals surface area (Å²) in [4.78, 5) is 3.79. The molecule has 0 saturated heterocycles. The summed E-state index contributed by atoms with van der Waals surface area (Å²) in [6, 6.07) is 52.1. The number of aromatic nitrogens is 1. The Morgan fingerprint density at radius 1 is 0.469 bits per heavy atom. The van der Waals surface area contributed by atoms with Crippen LogP contribution in [-0.2, 0) is 10.8 Å². The Kier molecular flexibility index (Phi) is 5.88. The molecule has 10 rings (SSSR count). The molecule has 2 aliphatic rings. The number of fused-ring (bicyclic) bond motifs is 8. The van der Waals surface area contributed by atoms with Crippen LogP contribution in [-0.4, -0.2) is 4.57 Å². The van der Waals surface area contributed by atoms with E-state index in [1.807, 2.05) is 0 Å². The average molecular weight is 649 g/mol. The van der Waals surface area contributed by atoms with E-state index < -0.39 is 0 Å². The highest BCUT2D eigenvalue weighted by Gasteiger charge is 2.39. The second-order valence-corrected chi connectivity index (χ2v) is 15.5. The summed E-state index contributed by atoms with van der Waals surface area (Å²) >= 11 is 1.80. The van der Waals surface area contributed by atoms with Gasteiger partial charge in [0.2, 0.25) is 0 Å². The first kappa shape index (κ1) is 28.6. The minimum absolute atomic E-state index is 0.0580. The third kappa shape index (κ3) is 3.94. The molecule has 0 atom stereocenters. The van der Waals surface area contributed by atoms with Crippen molar-refractivity contribution in [2.45, 2.75) is 38.5 Å². The molecule has 0 N–H and O–H groups in total. The number of hydrogen-bond acceptors (Lipinski definition) is 2. The van der Waals surface area contributed by atoms with Crippen molar-refractivity contribution >= 4 is 49.5 Å². The van der Waals surface area contributed by atoms with E-state index in [0.29, 0.717) is 0 Å². The molecule has 236 valence electrons. The molecule has 0 unspecified atom stereocenters. The van der Waals surface area contributed by atoms with Crippen LogP contribution in [0.3, 0.4) is 0 Å². The van der Waals surface area contributed by atoms with Gasteiger partial charge >= 0.3 is 0 Å². The van der Waals surface area contributed by atoms with E-state index >= 15 is 0 Å². The molecule has 0 fully saturated rings. The van der Waals surface area contributed by atoms with E-state index in [4.69, 9.17) is 0 Å². The zero-order valence-corrected chi connectivity index (χ0v) is 29.0. The van der Waals surface area contributed by atoms with Gasteiger partial charge in [-0.05, 0) is 104 Å². The van der Waals surface area contributed by atoms with E-state index in [1.165, 1.54) is 88.4 Å². The summed E-state index contributed by atoms with van der Waals surface area (Å²) < 4.78 is 2.40. The fourth-order valence-corrected chi connectivity index (χ4v) is 9.68. The zero-order chi connectivity index (χ0) is 33.1. The highest BCUT2D eigenvalue weighted by molar-refractivity contribution is 7.17. The minimum atomic E-state index is -0.167. The van der Waals surface area contributed by atoms with Crippen LogP contribution in [0, 0.1) is 0 Å². The standard InChI is InChI=1S/C46H36N2S/c1-45(2)37-13-7-5-11-33(37)34-23-22-32(28-39(34)45)47-42-16-10-8-14-38(42)46(3,4)40-27-30(19-24-43(40)47)29-17-20-31(21-18-29)48-41-15-9-6-12-35(41)36-25-26-49-44(36)48/h5-28H,1-4H3. The Balaban J connectivity index is 1.09. The van der Waals surface area contributed by atoms with Crippen LogP contribution in [0.25, 0.3) is 49.1 Å². The Morgan fingerprint density at radius 2 is 1.12 bits per heavy atom. The number of anilines is 3. The second kappa shape index (κ2) is 10.1. The maximum Gasteiger partial charge on any atom is 0.108 e. The van der Waals surface area contributed by atoms with E-state index in [9.17, 15) is 0 Å². The summed E-state index contributed by atoms with van der Waals surface area (Å²) in [7, 11) is 0. The molecule has 0 radical (unpaired) electrons. The first-order valence-electron chi connectivity index (χ1n) is 17.2. The molecule has 0 bridgehead atoms. The molecule has 1 aliphatic carbocycles. The Morgan fingerprint density at radius 3 is 1.98 bits per heavy atom. The fourth-order valence-electron chi connectivity index (χ4n) is 8.74. The van der Waals surface area contributed by atoms with Crippen molar-refractivity contribution in [2.75, 3.05) is 4.90 Å². The first-order chi connectivity index (χ1) is 23.8. The number of hydrogen-bond donors (Lipinski definition) is 0. The first-order valence-corrected chi connectivity index (χ1v) is 18.1. The van der Waals surface area contributed by atoms with Gasteiger partial charge < -0.3 is 9.47 Å². The lowest BCUT2D eigenvalue weighted by Gasteiger charge is -2.42. The topological polar surface area (TPSA) is 8.17 Å². The molecule has 8 aromatic rings. The Labute approximate surface area is 291 Å². The van der Waals surface area contributed by atoms with Gasteiger partial charge in [-0.15, -0.1) is 11.3 Å². The highest BCUT2D eigenvalue weighted by atomic mass is 32.1. The van der Waals surface area contributed by atoms with Crippen molar-refractivity contribution < 1.29 is 0 Å². The number of thiophene rings is 1. The van der Waals surface area contributed by atoms with Crippen LogP contribution in [0.1, 0.15) is 49.9 Å². The summed E-state index contributed by atoms with van der Waals surface area (Å²) in [6.45, 7) is 9.48. The van der Waals surface area contributed by atoms with Gasteiger partial charge in [-0.3, -0.25) is 0 Å². The maximum atomic E-state index is 2.49. The lowest BCUT2D eigenvalue weighted by Crippen LogP contribution is -2.30. The second-order valence-electron chi connectivity index (χ2n) is 14.6. The molecule has 2 nitrogen and oxygen atoms in total. The summed E-state index contributed by atoms with van der Waals surface area (Å²) in [5, 5.41) is 4.82. The molecule has 3 heterocycles. The van der Waals surface area contributed by atoms with Crippen molar-refractivity contribution in [1.82, 2.24) is 4.57 Å². The number of benzene rings is 6. The van der Waals surface area contributed by atoms with Gasteiger partial charge in [-0.1, -0.05) is 113 Å². The smallest absolute Gasteiger partial charge is 0.108 e. The molecule has 0 spiro atoms. The molecule has 0 saturated carbocycles. The van der Waals surface area contributed by atoms with Gasteiger partial charge in [0.05, 0.1) is 16.9 Å². The van der Waals surface area contributed by atoms with Gasteiger partial charge in [0.15, 0.2) is 0 Å². The molecule has 6 aromatic carbocycles. The lowest BCUT2D eigenvalue weighted by molar-refractivity contribution is 0.631. The van der Waals surface area contributed by atoms with Crippen LogP contribution < -0.4 is 4.90 Å². The SMILES string of the molecule is CC1(C)c2ccccc2-c2ccc(N3c4ccccc4C(C)(C)c4cc(-c5ccc(-n6c7ccccc7c7ccsc76)cc5)ccc43)cc21. The highest BCUT2D eigenvalue weighted by Crippen LogP contribution is 2.55. The average Bonchev–Trinajstić information content (AvgIpc) is 3.79. The van der Waals surface area contributed by atoms with Crippen LogP contribution in [0.15, 0.2) is 145 Å². The monoisotopic (exact) mass is 648 g/mol. The zero-order valence-electron chi connectivity index (χ0n) is 28.2. The molecule has 0 amide bonds. The van der Waals surface area contributed by atoms with Crippen LogP contribution in [0.2, 0.25) is 0 Å². The van der Waals surface area contributed by atoms with Crippen LogP contribution >= 0.6 is 11.3 Å². The fraction of sp³-hybridized carbons (Fsp3) is 0.130. The van der Waals surface area contributed by atoms with Gasteiger partial charge in [0.1, 0.15) is 4.83 Å². The van der Waals surface area contributed by atoms with Gasteiger partial charge in [0, 0.05) is 33.0 Å². The summed E-state index contributed by atoms with van der Waals surface area (Å²) in [6.07, 6.45) is 0. The van der Waals surface area contributed by atoms with E-state index in [0.717, 1.165) is 0 Å². The minimum Gasteiger partial charge on any atom is -0.310 e. The number of para-hydroxylation sites is 2. The van der Waals surface area contributed by atoms with E-state index in [1.54, 1.807) is 11.3 Å². The van der Waals surface area contributed by atoms with Gasteiger partial charge in [-0.2, -0.15) is 0 Å². The summed E-state index contributed by atoms with van der Waals surface area (Å²) in [5.41, 5.74) is 16.6. The van der Waals surface area contributed by atoms with Gasteiger partial charge in [0.25, 0.3) is 0 Å². The predicted octanol–water partition coefficient (Wildman–Crippen LogP) is 12.9. The number of nitrogens with zero attached hydrogens (tertiary/aromatic N) is 2. The third-order valence-corrected chi connectivity index (χ3v) is 12.2. The van der Waals surface area contributed by atoms with Crippen molar-refractivity contribution in [3.63, 3.8) is 0 Å². The molecule has 3 heteroatoms. The maximum absolute atomic E-state index is 2.49. The number of rotatable bonds is 3. The largest absolute Gasteiger partial charge is 0.310 e. The van der Waals surface area contributed by atoms with E-state index in [-0.39, 0.29) is 10.8 Å². The van der Waals surface area contributed by atoms with Crippen molar-refractivity contribution in [2.24, 2.45) is 0 Å². The van der Waals surface area contributed by atoms with Crippen LogP contribution in [0.4, 0.5) is 17.1 Å². The van der Waals surface area contributed by atoms with Crippen molar-refractivity contribution in [1.29, 1.82) is 0 Å². The lowest BCUT2D eigenvalue weighted by atomic mass is 9.72. The molecular formula is C46H36N2S. The van der Waals surface area contributed by atoms with Crippen LogP contribution in [0.5, 0.6) is 0 Å². The Bertz CT molecular complexity index is 2610. The molecule has 2 aromatic heterocycles. The van der Waals surface area contributed by atoms with Gasteiger partial charge in [-0.25, -0.2) is 0 Å². The molecular weight excluding hydrogens is 613 g/mol. The van der Waals surface area contributed by atoms with Crippen molar-refractivity contribution in [3.8, 4) is 27.9 Å². The normalized spacial score (nSPS) is 15.2. The molecule has 49 heavy (non-hydrogen) atoms. The quantitative estimate of drug-likeness (QED) is 0.185. The third-order valence-electron chi connectivity index (χ3n) is 11.3. The van der Waals surface area contributed by atoms with Crippen molar-refractivity contribution in [3.05, 3.63) is 167 Å².